The van der Waals surface area contributed by atoms with Gasteiger partial charge in [0.15, 0.2) is 5.58 Å². The maximum Gasteiger partial charge on any atom is 0.230 e. The third-order valence-electron chi connectivity index (χ3n) is 2.63. The van der Waals surface area contributed by atoms with Gasteiger partial charge in [0.25, 0.3) is 0 Å². The summed E-state index contributed by atoms with van der Waals surface area (Å²) in [7, 11) is 0. The molecule has 0 aliphatic rings. The fraction of sp³-hybridized carbons (Fsp3) is 0. The van der Waals surface area contributed by atoms with Crippen LogP contribution in [0.4, 0.5) is 0 Å². The highest BCUT2D eigenvalue weighted by molar-refractivity contribution is 6.35. The number of pyridine rings is 1. The lowest BCUT2D eigenvalue weighted by molar-refractivity contribution is 0.645. The number of aromatic nitrogens is 1. The Hall–Kier alpha value is -2.38. The molecule has 5 heteroatoms. The van der Waals surface area contributed by atoms with Crippen LogP contribution in [0.15, 0.2) is 39.7 Å². The highest BCUT2D eigenvalue weighted by atomic mass is 35.5. The molecule has 0 saturated heterocycles. The van der Waals surface area contributed by atoms with Crippen LogP contribution in [0.2, 0.25) is 5.02 Å². The zero-order chi connectivity index (χ0) is 12.7. The zero-order valence-corrected chi connectivity index (χ0v) is 9.73. The van der Waals surface area contributed by atoms with Crippen LogP contribution in [0.25, 0.3) is 22.1 Å². The highest BCUT2D eigenvalue weighted by Gasteiger charge is 2.12. The van der Waals surface area contributed by atoms with Crippen LogP contribution in [0.1, 0.15) is 5.56 Å². The van der Waals surface area contributed by atoms with E-state index in [1.807, 2.05) is 6.07 Å². The Morgan fingerprint density at radius 2 is 2.17 bits per heavy atom. The molecule has 0 fully saturated rings. The van der Waals surface area contributed by atoms with Crippen molar-refractivity contribution in [3.63, 3.8) is 0 Å². The van der Waals surface area contributed by atoms with Gasteiger partial charge < -0.3 is 4.42 Å². The molecule has 1 aromatic carbocycles. The van der Waals surface area contributed by atoms with Gasteiger partial charge in [0.1, 0.15) is 0 Å². The molecular weight excluding hydrogens is 252 g/mol. The molecule has 0 bridgehead atoms. The molecule has 18 heavy (non-hydrogen) atoms. The van der Waals surface area contributed by atoms with E-state index in [1.54, 1.807) is 12.1 Å². The van der Waals surface area contributed by atoms with Gasteiger partial charge in [0, 0.05) is 6.20 Å². The van der Waals surface area contributed by atoms with Crippen LogP contribution < -0.4 is 5.43 Å². The van der Waals surface area contributed by atoms with Gasteiger partial charge in [0.2, 0.25) is 11.1 Å². The van der Waals surface area contributed by atoms with E-state index >= 15 is 0 Å². The summed E-state index contributed by atoms with van der Waals surface area (Å²) >= 11 is 6.00. The van der Waals surface area contributed by atoms with E-state index in [9.17, 15) is 4.79 Å². The number of benzene rings is 1. The van der Waals surface area contributed by atoms with Gasteiger partial charge in [0.05, 0.1) is 27.4 Å². The number of nitriles is 1. The Bertz CT molecular complexity index is 878. The third kappa shape index (κ3) is 1.45. The molecule has 86 valence electrons. The van der Waals surface area contributed by atoms with E-state index in [2.05, 4.69) is 4.98 Å². The second-order valence-corrected chi connectivity index (χ2v) is 4.14. The van der Waals surface area contributed by atoms with Crippen molar-refractivity contribution in [3.05, 3.63) is 51.3 Å². The Kier molecular flexibility index (Phi) is 2.29. The second kappa shape index (κ2) is 3.83. The van der Waals surface area contributed by atoms with Gasteiger partial charge in [-0.25, -0.2) is 4.98 Å². The highest BCUT2D eigenvalue weighted by Crippen LogP contribution is 2.25. The fourth-order valence-electron chi connectivity index (χ4n) is 1.82. The quantitative estimate of drug-likeness (QED) is 0.580. The molecule has 2 heterocycles. The molecule has 3 aromatic rings. The average molecular weight is 257 g/mol. The number of hydrogen-bond acceptors (Lipinski definition) is 4. The lowest BCUT2D eigenvalue weighted by atomic mass is 10.1. The Balaban J connectivity index is 2.61. The van der Waals surface area contributed by atoms with Gasteiger partial charge in [-0.15, -0.1) is 0 Å². The average Bonchev–Trinajstić information content (AvgIpc) is 2.40. The van der Waals surface area contributed by atoms with E-state index in [0.29, 0.717) is 16.3 Å². The maximum atomic E-state index is 12.2. The third-order valence-corrected chi connectivity index (χ3v) is 2.91. The van der Waals surface area contributed by atoms with E-state index in [-0.39, 0.29) is 21.7 Å². The van der Waals surface area contributed by atoms with Crippen molar-refractivity contribution in [2.45, 2.75) is 0 Å². The first-order valence-electron chi connectivity index (χ1n) is 5.12. The van der Waals surface area contributed by atoms with Crippen LogP contribution in [0, 0.1) is 11.3 Å². The fourth-order valence-corrected chi connectivity index (χ4v) is 2.08. The second-order valence-electron chi connectivity index (χ2n) is 3.73. The predicted molar refractivity (Wildman–Crippen MR) is 67.5 cm³/mol. The number of rotatable bonds is 0. The molecule has 0 N–H and O–H groups in total. The van der Waals surface area contributed by atoms with Gasteiger partial charge in [-0.1, -0.05) is 11.6 Å². The summed E-state index contributed by atoms with van der Waals surface area (Å²) in [5.74, 6) is 0. The predicted octanol–water partition coefficient (Wildman–Crippen LogP) is 2.87. The summed E-state index contributed by atoms with van der Waals surface area (Å²) in [6.45, 7) is 0. The largest absolute Gasteiger partial charge is 0.436 e. The molecule has 4 nitrogen and oxygen atoms in total. The Morgan fingerprint density at radius 1 is 1.33 bits per heavy atom. The van der Waals surface area contributed by atoms with Crippen LogP contribution in [-0.2, 0) is 0 Å². The number of hydrogen-bond donors (Lipinski definition) is 0. The minimum atomic E-state index is -0.238. The standard InChI is InChI=1S/C13H5ClN2O2/c14-10-5-7(6-15)4-9-11(17)8-2-1-3-16-13(8)18-12(9)10/h1-5H. The van der Waals surface area contributed by atoms with Crippen molar-refractivity contribution >= 4 is 33.7 Å². The normalized spacial score (nSPS) is 10.7. The van der Waals surface area contributed by atoms with Crippen LogP contribution >= 0.6 is 11.6 Å². The van der Waals surface area contributed by atoms with Gasteiger partial charge in [-0.3, -0.25) is 4.79 Å². The van der Waals surface area contributed by atoms with E-state index < -0.39 is 0 Å². The van der Waals surface area contributed by atoms with Crippen LogP contribution in [-0.4, -0.2) is 4.98 Å². The minimum Gasteiger partial charge on any atom is -0.436 e. The van der Waals surface area contributed by atoms with Gasteiger partial charge in [-0.2, -0.15) is 5.26 Å². The monoisotopic (exact) mass is 256 g/mol. The first-order chi connectivity index (χ1) is 8.70. The summed E-state index contributed by atoms with van der Waals surface area (Å²) in [4.78, 5) is 16.2. The number of fused-ring (bicyclic) bond motifs is 2. The lowest BCUT2D eigenvalue weighted by Crippen LogP contribution is -2.03. The minimum absolute atomic E-state index is 0.230. The van der Waals surface area contributed by atoms with E-state index in [4.69, 9.17) is 21.3 Å². The molecular formula is C13H5ClN2O2. The Morgan fingerprint density at radius 3 is 2.94 bits per heavy atom. The van der Waals surface area contributed by atoms with Crippen LogP contribution in [0.5, 0.6) is 0 Å². The first-order valence-corrected chi connectivity index (χ1v) is 5.49. The molecule has 0 unspecified atom stereocenters. The zero-order valence-electron chi connectivity index (χ0n) is 8.98. The van der Waals surface area contributed by atoms with Crippen molar-refractivity contribution in [3.8, 4) is 6.07 Å². The maximum absolute atomic E-state index is 12.2. The molecule has 3 rings (SSSR count). The SMILES string of the molecule is N#Cc1cc(Cl)c2oc3ncccc3c(=O)c2c1. The number of nitrogens with zero attached hydrogens (tertiary/aromatic N) is 2. The molecule has 0 radical (unpaired) electrons. The van der Waals surface area contributed by atoms with Gasteiger partial charge >= 0.3 is 0 Å². The Labute approximate surface area is 106 Å². The number of halogens is 1. The first kappa shape index (κ1) is 10.8. The summed E-state index contributed by atoms with van der Waals surface area (Å²) in [6.07, 6.45) is 1.54. The van der Waals surface area contributed by atoms with Crippen molar-refractivity contribution in [2.75, 3.05) is 0 Å². The summed E-state index contributed by atoms with van der Waals surface area (Å²) < 4.78 is 5.50. The van der Waals surface area contributed by atoms with Crippen molar-refractivity contribution < 1.29 is 4.42 Å². The molecule has 0 aliphatic carbocycles. The lowest BCUT2D eigenvalue weighted by Gasteiger charge is -2.02. The van der Waals surface area contributed by atoms with E-state index in [1.165, 1.54) is 18.3 Å². The van der Waals surface area contributed by atoms with Crippen molar-refractivity contribution in [1.29, 1.82) is 5.26 Å². The molecule has 0 amide bonds. The summed E-state index contributed by atoms with van der Waals surface area (Å²) in [5.41, 5.74) is 0.579. The molecule has 0 aliphatic heterocycles. The molecule has 0 spiro atoms. The molecule has 0 saturated carbocycles. The van der Waals surface area contributed by atoms with Crippen molar-refractivity contribution in [2.24, 2.45) is 0 Å². The van der Waals surface area contributed by atoms with Gasteiger partial charge in [-0.05, 0) is 24.3 Å². The van der Waals surface area contributed by atoms with Crippen LogP contribution in [0.3, 0.4) is 0 Å². The molecule has 2 aromatic heterocycles. The topological polar surface area (TPSA) is 66.9 Å². The van der Waals surface area contributed by atoms with E-state index in [0.717, 1.165) is 0 Å². The summed E-state index contributed by atoms with van der Waals surface area (Å²) in [6, 6.07) is 8.17. The summed E-state index contributed by atoms with van der Waals surface area (Å²) in [5, 5.41) is 9.77. The van der Waals surface area contributed by atoms with Crippen molar-refractivity contribution in [1.82, 2.24) is 4.98 Å². The smallest absolute Gasteiger partial charge is 0.230 e. The molecule has 0 atom stereocenters.